The Hall–Kier alpha value is -2.48. The zero-order chi connectivity index (χ0) is 17.7. The van der Waals surface area contributed by atoms with Crippen LogP contribution in [0, 0.1) is 0 Å². The minimum absolute atomic E-state index is 0.0335. The minimum Gasteiger partial charge on any atom is -0.468 e. The van der Waals surface area contributed by atoms with Crippen LogP contribution in [-0.2, 0) is 25.7 Å². The lowest BCUT2D eigenvalue weighted by Crippen LogP contribution is -2.22. The van der Waals surface area contributed by atoms with Crippen molar-refractivity contribution in [2.24, 2.45) is 4.99 Å². The topological polar surface area (TPSA) is 89.8 Å². The number of hydrogen-bond acceptors (Lipinski definition) is 5. The van der Waals surface area contributed by atoms with E-state index in [1.807, 2.05) is 6.92 Å². The van der Waals surface area contributed by atoms with Crippen LogP contribution in [0.15, 0.2) is 23.2 Å². The van der Waals surface area contributed by atoms with Gasteiger partial charge in [-0.1, -0.05) is 18.3 Å². The molecule has 8 heteroatoms. The third-order valence-electron chi connectivity index (χ3n) is 3.20. The number of carbonyl (C=O) groups excluding carboxylic acids is 3. The largest absolute Gasteiger partial charge is 0.468 e. The molecule has 2 amide bonds. The van der Waals surface area contributed by atoms with Crippen LogP contribution in [0.4, 0.5) is 5.69 Å². The summed E-state index contributed by atoms with van der Waals surface area (Å²) in [5.41, 5.74) is 1.40. The summed E-state index contributed by atoms with van der Waals surface area (Å²) in [6, 6.07) is 5.31. The fraction of sp³-hybridized carbons (Fsp3) is 0.375. The molecule has 1 heterocycles. The maximum atomic E-state index is 11.9. The molecule has 0 atom stereocenters. The third-order valence-corrected chi connectivity index (χ3v) is 4.24. The number of thiazole rings is 1. The normalized spacial score (nSPS) is 11.5. The zero-order valence-corrected chi connectivity index (χ0v) is 14.6. The lowest BCUT2D eigenvalue weighted by Gasteiger charge is -2.05. The summed E-state index contributed by atoms with van der Waals surface area (Å²) in [7, 11) is 1.31. The van der Waals surface area contributed by atoms with Gasteiger partial charge in [0.05, 0.1) is 17.3 Å². The Labute approximate surface area is 143 Å². The van der Waals surface area contributed by atoms with Gasteiger partial charge in [0.15, 0.2) is 4.80 Å². The van der Waals surface area contributed by atoms with Crippen molar-refractivity contribution in [3.63, 3.8) is 0 Å². The van der Waals surface area contributed by atoms with Crippen LogP contribution in [0.5, 0.6) is 0 Å². The number of rotatable bonds is 5. The maximum Gasteiger partial charge on any atom is 0.325 e. The first-order valence-corrected chi connectivity index (χ1v) is 8.31. The van der Waals surface area contributed by atoms with E-state index in [1.165, 1.54) is 25.4 Å². The molecule has 0 aliphatic heterocycles. The van der Waals surface area contributed by atoms with E-state index in [0.29, 0.717) is 23.3 Å². The van der Waals surface area contributed by atoms with Gasteiger partial charge in [0, 0.05) is 19.0 Å². The molecule has 1 aromatic carbocycles. The number of benzene rings is 1. The summed E-state index contributed by atoms with van der Waals surface area (Å²) in [6.45, 7) is 3.30. The number of hydrogen-bond donors (Lipinski definition) is 1. The molecule has 0 spiro atoms. The standard InChI is InChI=1S/C16H19N3O4S/c1-4-5-14(21)18-16-19(9-15(22)23-3)12-7-6-11(17-10(2)20)8-13(12)24-16/h6-8H,4-5,9H2,1-3H3,(H,17,20). The van der Waals surface area contributed by atoms with Gasteiger partial charge in [-0.3, -0.25) is 14.4 Å². The van der Waals surface area contributed by atoms with Gasteiger partial charge >= 0.3 is 5.97 Å². The molecule has 0 aliphatic carbocycles. The van der Waals surface area contributed by atoms with Crippen LogP contribution in [0.25, 0.3) is 10.2 Å². The molecular weight excluding hydrogens is 330 g/mol. The number of nitrogens with zero attached hydrogens (tertiary/aromatic N) is 2. The van der Waals surface area contributed by atoms with Crippen molar-refractivity contribution < 1.29 is 19.1 Å². The van der Waals surface area contributed by atoms with Crippen LogP contribution < -0.4 is 10.1 Å². The van der Waals surface area contributed by atoms with E-state index in [-0.39, 0.29) is 18.4 Å². The fourth-order valence-corrected chi connectivity index (χ4v) is 3.25. The quantitative estimate of drug-likeness (QED) is 0.837. The number of methoxy groups -OCH3 is 1. The molecule has 0 saturated carbocycles. The van der Waals surface area contributed by atoms with Crippen molar-refractivity contribution in [2.45, 2.75) is 33.2 Å². The highest BCUT2D eigenvalue weighted by atomic mass is 32.1. The molecule has 1 aromatic heterocycles. The van der Waals surface area contributed by atoms with Crippen molar-refractivity contribution in [1.29, 1.82) is 0 Å². The molecule has 24 heavy (non-hydrogen) atoms. The van der Waals surface area contributed by atoms with Gasteiger partial charge in [-0.2, -0.15) is 4.99 Å². The average Bonchev–Trinajstić information content (AvgIpc) is 2.83. The molecule has 128 valence electrons. The number of amides is 2. The monoisotopic (exact) mass is 349 g/mol. The van der Waals surface area contributed by atoms with E-state index < -0.39 is 5.97 Å². The smallest absolute Gasteiger partial charge is 0.325 e. The number of anilines is 1. The predicted octanol–water partition coefficient (Wildman–Crippen LogP) is 2.06. The Bertz CT molecular complexity index is 851. The van der Waals surface area contributed by atoms with Gasteiger partial charge in [0.2, 0.25) is 11.8 Å². The van der Waals surface area contributed by atoms with Crippen LogP contribution in [-0.4, -0.2) is 29.5 Å². The van der Waals surface area contributed by atoms with Crippen LogP contribution >= 0.6 is 11.3 Å². The zero-order valence-electron chi connectivity index (χ0n) is 13.8. The molecular formula is C16H19N3O4S. The van der Waals surface area contributed by atoms with Crippen molar-refractivity contribution >= 4 is 45.0 Å². The molecule has 0 fully saturated rings. The lowest BCUT2D eigenvalue weighted by atomic mass is 10.3. The van der Waals surface area contributed by atoms with Gasteiger partial charge in [0.25, 0.3) is 0 Å². The molecule has 2 aromatic rings. The summed E-state index contributed by atoms with van der Waals surface area (Å²) < 4.78 is 7.18. The Morgan fingerprint density at radius 1 is 1.33 bits per heavy atom. The molecule has 2 rings (SSSR count). The highest BCUT2D eigenvalue weighted by Crippen LogP contribution is 2.22. The Kier molecular flexibility index (Phi) is 5.86. The fourth-order valence-electron chi connectivity index (χ4n) is 2.16. The van der Waals surface area contributed by atoms with E-state index in [9.17, 15) is 14.4 Å². The second-order valence-electron chi connectivity index (χ2n) is 5.17. The van der Waals surface area contributed by atoms with Crippen LogP contribution in [0.2, 0.25) is 0 Å². The highest BCUT2D eigenvalue weighted by Gasteiger charge is 2.12. The molecule has 0 radical (unpaired) electrons. The maximum absolute atomic E-state index is 11.9. The number of nitrogens with one attached hydrogen (secondary N) is 1. The average molecular weight is 349 g/mol. The van der Waals surface area contributed by atoms with Crippen LogP contribution in [0.1, 0.15) is 26.7 Å². The van der Waals surface area contributed by atoms with E-state index in [1.54, 1.807) is 22.8 Å². The molecule has 0 unspecified atom stereocenters. The van der Waals surface area contributed by atoms with Gasteiger partial charge in [-0.05, 0) is 24.6 Å². The van der Waals surface area contributed by atoms with Gasteiger partial charge in [0.1, 0.15) is 6.54 Å². The predicted molar refractivity (Wildman–Crippen MR) is 91.6 cm³/mol. The van der Waals surface area contributed by atoms with Gasteiger partial charge in [-0.15, -0.1) is 0 Å². The first-order chi connectivity index (χ1) is 11.4. The third kappa shape index (κ3) is 4.29. The second-order valence-corrected chi connectivity index (χ2v) is 6.18. The molecule has 0 saturated heterocycles. The van der Waals surface area contributed by atoms with E-state index in [2.05, 4.69) is 10.3 Å². The lowest BCUT2D eigenvalue weighted by molar-refractivity contribution is -0.141. The highest BCUT2D eigenvalue weighted by molar-refractivity contribution is 7.16. The van der Waals surface area contributed by atoms with Crippen LogP contribution in [0.3, 0.4) is 0 Å². The number of ether oxygens (including phenoxy) is 1. The van der Waals surface area contributed by atoms with E-state index in [4.69, 9.17) is 4.74 Å². The van der Waals surface area contributed by atoms with E-state index >= 15 is 0 Å². The van der Waals surface area contributed by atoms with Gasteiger partial charge < -0.3 is 14.6 Å². The number of fused-ring (bicyclic) bond motifs is 1. The van der Waals surface area contributed by atoms with E-state index in [0.717, 1.165) is 10.2 Å². The molecule has 0 aliphatic rings. The van der Waals surface area contributed by atoms with Gasteiger partial charge in [-0.25, -0.2) is 0 Å². The van der Waals surface area contributed by atoms with Crippen molar-refractivity contribution in [3.05, 3.63) is 23.0 Å². The summed E-state index contributed by atoms with van der Waals surface area (Å²) in [5.74, 6) is -0.828. The Balaban J connectivity index is 2.56. The molecule has 7 nitrogen and oxygen atoms in total. The first kappa shape index (κ1) is 17.9. The summed E-state index contributed by atoms with van der Waals surface area (Å²) >= 11 is 1.29. The van der Waals surface area contributed by atoms with Crippen molar-refractivity contribution in [3.8, 4) is 0 Å². The SMILES string of the molecule is CCCC(=O)N=c1sc2cc(NC(C)=O)ccc2n1CC(=O)OC. The minimum atomic E-state index is -0.426. The molecule has 0 bridgehead atoms. The molecule has 1 N–H and O–H groups in total. The number of aromatic nitrogens is 1. The summed E-state index contributed by atoms with van der Waals surface area (Å²) in [6.07, 6.45) is 1.06. The number of esters is 1. The summed E-state index contributed by atoms with van der Waals surface area (Å²) in [4.78, 5) is 39.3. The van der Waals surface area contributed by atoms with Crippen molar-refractivity contribution in [2.75, 3.05) is 12.4 Å². The van der Waals surface area contributed by atoms with Crippen molar-refractivity contribution in [1.82, 2.24) is 4.57 Å². The Morgan fingerprint density at radius 3 is 2.71 bits per heavy atom. The summed E-state index contributed by atoms with van der Waals surface area (Å²) in [5, 5.41) is 2.71. The number of carbonyl (C=O) groups is 3. The second kappa shape index (κ2) is 7.87. The first-order valence-electron chi connectivity index (χ1n) is 7.50. The Morgan fingerprint density at radius 2 is 2.08 bits per heavy atom.